The van der Waals surface area contributed by atoms with Crippen LogP contribution in [-0.2, 0) is 6.42 Å². The van der Waals surface area contributed by atoms with Gasteiger partial charge in [0.25, 0.3) is 5.91 Å². The van der Waals surface area contributed by atoms with Crippen molar-refractivity contribution < 1.29 is 4.79 Å². The summed E-state index contributed by atoms with van der Waals surface area (Å²) in [5.41, 5.74) is 1.65. The third kappa shape index (κ3) is 4.84. The molecule has 5 heteroatoms. The third-order valence-corrected chi connectivity index (χ3v) is 3.05. The quantitative estimate of drug-likeness (QED) is 0.860. The van der Waals surface area contributed by atoms with Crippen LogP contribution < -0.4 is 10.6 Å². The number of aryl methyl sites for hydroxylation is 1. The molecule has 2 N–H and O–H groups in total. The highest BCUT2D eigenvalue weighted by atomic mass is 16.1. The van der Waals surface area contributed by atoms with E-state index in [4.69, 9.17) is 0 Å². The fourth-order valence-corrected chi connectivity index (χ4v) is 2.09. The van der Waals surface area contributed by atoms with Crippen LogP contribution >= 0.6 is 0 Å². The van der Waals surface area contributed by atoms with Crippen molar-refractivity contribution in [3.63, 3.8) is 0 Å². The molecule has 0 aliphatic rings. The van der Waals surface area contributed by atoms with Gasteiger partial charge < -0.3 is 10.6 Å². The van der Waals surface area contributed by atoms with Gasteiger partial charge in [-0.05, 0) is 32.8 Å². The van der Waals surface area contributed by atoms with Crippen molar-refractivity contribution in [1.29, 1.82) is 0 Å². The van der Waals surface area contributed by atoms with E-state index < -0.39 is 0 Å². The monoisotopic (exact) mass is 298 g/mol. The minimum absolute atomic E-state index is 0.0808. The van der Waals surface area contributed by atoms with Crippen molar-refractivity contribution in [2.24, 2.45) is 0 Å². The number of nitrogens with zero attached hydrogens (tertiary/aromatic N) is 2. The summed E-state index contributed by atoms with van der Waals surface area (Å²) in [6, 6.07) is 12.0. The molecule has 116 valence electrons. The molecule has 1 amide bonds. The van der Waals surface area contributed by atoms with Gasteiger partial charge in [0.15, 0.2) is 0 Å². The molecule has 1 heterocycles. The Labute approximate surface area is 131 Å². The molecule has 22 heavy (non-hydrogen) atoms. The smallest absolute Gasteiger partial charge is 0.270 e. The first-order chi connectivity index (χ1) is 10.5. The molecule has 1 aromatic heterocycles. The SMILES string of the molecule is Cc1nc(NCCc2ccccc2)cc(C(=O)NC(C)C)n1. The molecular weight excluding hydrogens is 276 g/mol. The second-order valence-electron chi connectivity index (χ2n) is 5.48. The predicted molar refractivity (Wildman–Crippen MR) is 88.0 cm³/mol. The van der Waals surface area contributed by atoms with E-state index in [1.807, 2.05) is 32.0 Å². The van der Waals surface area contributed by atoms with Gasteiger partial charge in [-0.25, -0.2) is 9.97 Å². The fraction of sp³-hybridized carbons (Fsp3) is 0.353. The summed E-state index contributed by atoms with van der Waals surface area (Å²) in [7, 11) is 0. The summed E-state index contributed by atoms with van der Waals surface area (Å²) < 4.78 is 0. The summed E-state index contributed by atoms with van der Waals surface area (Å²) in [5.74, 6) is 1.09. The van der Waals surface area contributed by atoms with E-state index in [1.54, 1.807) is 13.0 Å². The zero-order chi connectivity index (χ0) is 15.9. The molecule has 0 aliphatic carbocycles. The molecule has 0 atom stereocenters. The number of carbonyl (C=O) groups excluding carboxylic acids is 1. The van der Waals surface area contributed by atoms with Gasteiger partial charge in [0.05, 0.1) is 0 Å². The van der Waals surface area contributed by atoms with Gasteiger partial charge in [-0.15, -0.1) is 0 Å². The Morgan fingerprint density at radius 3 is 2.59 bits per heavy atom. The van der Waals surface area contributed by atoms with E-state index in [-0.39, 0.29) is 11.9 Å². The minimum atomic E-state index is -0.174. The number of hydrogen-bond acceptors (Lipinski definition) is 4. The highest BCUT2D eigenvalue weighted by Gasteiger charge is 2.11. The van der Waals surface area contributed by atoms with E-state index in [0.717, 1.165) is 13.0 Å². The van der Waals surface area contributed by atoms with Crippen LogP contribution in [-0.4, -0.2) is 28.5 Å². The second-order valence-corrected chi connectivity index (χ2v) is 5.48. The van der Waals surface area contributed by atoms with Gasteiger partial charge in [-0.1, -0.05) is 30.3 Å². The van der Waals surface area contributed by atoms with Gasteiger partial charge in [-0.2, -0.15) is 0 Å². The predicted octanol–water partition coefficient (Wildman–Crippen LogP) is 2.58. The van der Waals surface area contributed by atoms with Crippen LogP contribution in [0.1, 0.15) is 35.7 Å². The standard InChI is InChI=1S/C17H22N4O/c1-12(2)19-17(22)15-11-16(21-13(3)20-15)18-10-9-14-7-5-4-6-8-14/h4-8,11-12H,9-10H2,1-3H3,(H,19,22)(H,18,20,21). The van der Waals surface area contributed by atoms with E-state index in [9.17, 15) is 4.79 Å². The molecule has 2 aromatic rings. The third-order valence-electron chi connectivity index (χ3n) is 3.05. The number of carbonyl (C=O) groups is 1. The van der Waals surface area contributed by atoms with Crippen LogP contribution in [0.25, 0.3) is 0 Å². The molecule has 0 saturated carbocycles. The number of anilines is 1. The molecule has 0 aliphatic heterocycles. The Hall–Kier alpha value is -2.43. The summed E-state index contributed by atoms with van der Waals surface area (Å²) >= 11 is 0. The lowest BCUT2D eigenvalue weighted by molar-refractivity contribution is 0.0937. The number of rotatable bonds is 6. The highest BCUT2D eigenvalue weighted by Crippen LogP contribution is 2.08. The van der Waals surface area contributed by atoms with Crippen molar-refractivity contribution in [2.75, 3.05) is 11.9 Å². The molecule has 0 radical (unpaired) electrons. The van der Waals surface area contributed by atoms with Crippen molar-refractivity contribution >= 4 is 11.7 Å². The van der Waals surface area contributed by atoms with Gasteiger partial charge >= 0.3 is 0 Å². The molecule has 2 rings (SSSR count). The summed E-state index contributed by atoms with van der Waals surface area (Å²) in [5, 5.41) is 6.09. The van der Waals surface area contributed by atoms with Gasteiger partial charge in [0.1, 0.15) is 17.3 Å². The Balaban J connectivity index is 1.99. The normalized spacial score (nSPS) is 10.5. The first-order valence-corrected chi connectivity index (χ1v) is 7.49. The number of aromatic nitrogens is 2. The van der Waals surface area contributed by atoms with Gasteiger partial charge in [-0.3, -0.25) is 4.79 Å². The molecular formula is C17H22N4O. The number of nitrogens with one attached hydrogen (secondary N) is 2. The van der Waals surface area contributed by atoms with E-state index in [1.165, 1.54) is 5.56 Å². The Kier molecular flexibility index (Phi) is 5.47. The lowest BCUT2D eigenvalue weighted by Crippen LogP contribution is -2.31. The Morgan fingerprint density at radius 2 is 1.91 bits per heavy atom. The zero-order valence-corrected chi connectivity index (χ0v) is 13.3. The first-order valence-electron chi connectivity index (χ1n) is 7.49. The number of amides is 1. The van der Waals surface area contributed by atoms with E-state index >= 15 is 0 Å². The maximum atomic E-state index is 12.0. The lowest BCUT2D eigenvalue weighted by Gasteiger charge is -2.10. The van der Waals surface area contributed by atoms with E-state index in [0.29, 0.717) is 17.3 Å². The van der Waals surface area contributed by atoms with Crippen molar-refractivity contribution in [3.05, 3.63) is 53.5 Å². The minimum Gasteiger partial charge on any atom is -0.370 e. The van der Waals surface area contributed by atoms with Crippen LogP contribution in [0, 0.1) is 6.92 Å². The van der Waals surface area contributed by atoms with Crippen molar-refractivity contribution in [3.8, 4) is 0 Å². The van der Waals surface area contributed by atoms with Crippen LogP contribution in [0.3, 0.4) is 0 Å². The van der Waals surface area contributed by atoms with Crippen LogP contribution in [0.4, 0.5) is 5.82 Å². The van der Waals surface area contributed by atoms with Gasteiger partial charge in [0.2, 0.25) is 0 Å². The molecule has 0 saturated heterocycles. The van der Waals surface area contributed by atoms with Crippen LogP contribution in [0.2, 0.25) is 0 Å². The number of benzene rings is 1. The molecule has 1 aromatic carbocycles. The zero-order valence-electron chi connectivity index (χ0n) is 13.3. The van der Waals surface area contributed by atoms with Crippen molar-refractivity contribution in [2.45, 2.75) is 33.2 Å². The largest absolute Gasteiger partial charge is 0.370 e. The van der Waals surface area contributed by atoms with Gasteiger partial charge in [0, 0.05) is 18.7 Å². The molecule has 5 nitrogen and oxygen atoms in total. The average molecular weight is 298 g/mol. The maximum absolute atomic E-state index is 12.0. The molecule has 0 bridgehead atoms. The highest BCUT2D eigenvalue weighted by molar-refractivity contribution is 5.93. The Morgan fingerprint density at radius 1 is 1.18 bits per heavy atom. The topological polar surface area (TPSA) is 66.9 Å². The lowest BCUT2D eigenvalue weighted by atomic mass is 10.1. The van der Waals surface area contributed by atoms with Crippen LogP contribution in [0.15, 0.2) is 36.4 Å². The van der Waals surface area contributed by atoms with Crippen molar-refractivity contribution in [1.82, 2.24) is 15.3 Å². The summed E-state index contributed by atoms with van der Waals surface area (Å²) in [4.78, 5) is 20.5. The number of hydrogen-bond donors (Lipinski definition) is 2. The summed E-state index contributed by atoms with van der Waals surface area (Å²) in [6.45, 7) is 6.39. The Bertz CT molecular complexity index is 626. The maximum Gasteiger partial charge on any atom is 0.270 e. The van der Waals surface area contributed by atoms with E-state index in [2.05, 4.69) is 32.7 Å². The average Bonchev–Trinajstić information content (AvgIpc) is 2.47. The second kappa shape index (κ2) is 7.54. The van der Waals surface area contributed by atoms with Crippen LogP contribution in [0.5, 0.6) is 0 Å². The fourth-order valence-electron chi connectivity index (χ4n) is 2.09. The molecule has 0 unspecified atom stereocenters. The molecule has 0 spiro atoms. The molecule has 0 fully saturated rings. The summed E-state index contributed by atoms with van der Waals surface area (Å²) in [6.07, 6.45) is 0.900. The first kappa shape index (κ1) is 15.9.